The third-order valence-electron chi connectivity index (χ3n) is 2.67. The Kier molecular flexibility index (Phi) is 5.97. The number of hydrogen-bond donors (Lipinski definition) is 1. The average molecular weight is 229 g/mol. The van der Waals surface area contributed by atoms with Crippen LogP contribution in [-0.2, 0) is 4.79 Å². The summed E-state index contributed by atoms with van der Waals surface area (Å²) in [6, 6.07) is -0.420. The molecule has 0 saturated heterocycles. The lowest BCUT2D eigenvalue weighted by atomic mass is 9.86. The van der Waals surface area contributed by atoms with Crippen molar-refractivity contribution in [3.05, 3.63) is 0 Å². The van der Waals surface area contributed by atoms with Crippen molar-refractivity contribution in [3.63, 3.8) is 0 Å². The summed E-state index contributed by atoms with van der Waals surface area (Å²) in [5.74, 6) is 0.0336. The molecular weight excluding hydrogens is 202 g/mol. The van der Waals surface area contributed by atoms with Crippen molar-refractivity contribution in [1.82, 2.24) is 9.80 Å². The lowest BCUT2D eigenvalue weighted by Crippen LogP contribution is -2.49. The predicted octanol–water partition coefficient (Wildman–Crippen LogP) is 0.770. The Balaban J connectivity index is 4.09. The fourth-order valence-corrected chi connectivity index (χ4v) is 1.34. The standard InChI is InChI=1S/C12H27N3O/c1-12(2,3)10(13)11(16)15(6)9-7-8-14(4)5/h10H,7-9,13H2,1-6H3/t10-/m0/s1. The van der Waals surface area contributed by atoms with Crippen molar-refractivity contribution in [2.45, 2.75) is 33.2 Å². The molecule has 0 heterocycles. The Hall–Kier alpha value is -0.610. The molecule has 16 heavy (non-hydrogen) atoms. The Labute approximate surface area is 99.8 Å². The summed E-state index contributed by atoms with van der Waals surface area (Å²) in [6.07, 6.45) is 0.978. The zero-order chi connectivity index (χ0) is 12.9. The maximum absolute atomic E-state index is 12.0. The second-order valence-corrected chi connectivity index (χ2v) is 5.76. The summed E-state index contributed by atoms with van der Waals surface area (Å²) in [7, 11) is 5.88. The van der Waals surface area contributed by atoms with E-state index in [1.165, 1.54) is 0 Å². The van der Waals surface area contributed by atoms with Crippen LogP contribution in [0.5, 0.6) is 0 Å². The van der Waals surface area contributed by atoms with Crippen LogP contribution >= 0.6 is 0 Å². The Morgan fingerprint density at radius 2 is 1.69 bits per heavy atom. The SMILES string of the molecule is CN(C)CCCN(C)C(=O)[C@H](N)C(C)(C)C. The lowest BCUT2D eigenvalue weighted by Gasteiger charge is -2.30. The number of nitrogens with two attached hydrogens (primary N) is 1. The van der Waals surface area contributed by atoms with Gasteiger partial charge in [-0.1, -0.05) is 20.8 Å². The molecule has 0 aliphatic heterocycles. The minimum absolute atomic E-state index is 0.0336. The third kappa shape index (κ3) is 5.47. The molecule has 0 radical (unpaired) electrons. The molecule has 0 aromatic carbocycles. The van der Waals surface area contributed by atoms with Crippen molar-refractivity contribution in [2.24, 2.45) is 11.1 Å². The highest BCUT2D eigenvalue weighted by atomic mass is 16.2. The molecule has 0 spiro atoms. The molecule has 0 aliphatic carbocycles. The molecule has 2 N–H and O–H groups in total. The van der Waals surface area contributed by atoms with Gasteiger partial charge < -0.3 is 15.5 Å². The van der Waals surface area contributed by atoms with Gasteiger partial charge in [0, 0.05) is 13.6 Å². The predicted molar refractivity (Wildman–Crippen MR) is 68.2 cm³/mol. The van der Waals surface area contributed by atoms with Crippen LogP contribution in [0.25, 0.3) is 0 Å². The van der Waals surface area contributed by atoms with Crippen LogP contribution < -0.4 is 5.73 Å². The van der Waals surface area contributed by atoms with E-state index in [2.05, 4.69) is 4.90 Å². The van der Waals surface area contributed by atoms with E-state index in [9.17, 15) is 4.79 Å². The zero-order valence-corrected chi connectivity index (χ0v) is 11.6. The van der Waals surface area contributed by atoms with Gasteiger partial charge in [0.15, 0.2) is 0 Å². The molecule has 0 bridgehead atoms. The maximum Gasteiger partial charge on any atom is 0.239 e. The third-order valence-corrected chi connectivity index (χ3v) is 2.67. The van der Waals surface area contributed by atoms with Crippen LogP contribution in [0.2, 0.25) is 0 Å². The molecule has 96 valence electrons. The van der Waals surface area contributed by atoms with Gasteiger partial charge in [-0.05, 0) is 32.5 Å². The van der Waals surface area contributed by atoms with Crippen LogP contribution in [-0.4, -0.2) is 56.0 Å². The van der Waals surface area contributed by atoms with E-state index in [4.69, 9.17) is 5.73 Å². The van der Waals surface area contributed by atoms with Crippen LogP contribution in [0.4, 0.5) is 0 Å². The molecule has 4 heteroatoms. The second-order valence-electron chi connectivity index (χ2n) is 5.76. The highest BCUT2D eigenvalue weighted by Gasteiger charge is 2.29. The quantitative estimate of drug-likeness (QED) is 0.757. The smallest absolute Gasteiger partial charge is 0.239 e. The highest BCUT2D eigenvalue weighted by molar-refractivity contribution is 5.82. The van der Waals surface area contributed by atoms with Gasteiger partial charge in [-0.15, -0.1) is 0 Å². The van der Waals surface area contributed by atoms with Crippen molar-refractivity contribution >= 4 is 5.91 Å². The molecule has 0 rings (SSSR count). The van der Waals surface area contributed by atoms with Crippen LogP contribution in [0.15, 0.2) is 0 Å². The first kappa shape index (κ1) is 15.4. The van der Waals surface area contributed by atoms with Gasteiger partial charge in [0.25, 0.3) is 0 Å². The molecule has 1 atom stereocenters. The molecular formula is C12H27N3O. The second kappa shape index (κ2) is 6.21. The zero-order valence-electron chi connectivity index (χ0n) is 11.6. The lowest BCUT2D eigenvalue weighted by molar-refractivity contribution is -0.133. The van der Waals surface area contributed by atoms with E-state index < -0.39 is 6.04 Å². The Bertz CT molecular complexity index is 221. The topological polar surface area (TPSA) is 49.6 Å². The number of amides is 1. The van der Waals surface area contributed by atoms with E-state index in [-0.39, 0.29) is 11.3 Å². The Morgan fingerprint density at radius 1 is 1.19 bits per heavy atom. The first-order chi connectivity index (χ1) is 7.16. The number of rotatable bonds is 5. The molecule has 0 aromatic rings. The van der Waals surface area contributed by atoms with Gasteiger partial charge in [-0.3, -0.25) is 4.79 Å². The molecule has 0 fully saturated rings. The fraction of sp³-hybridized carbons (Fsp3) is 0.917. The number of carbonyl (C=O) groups is 1. The Morgan fingerprint density at radius 3 is 2.06 bits per heavy atom. The fourth-order valence-electron chi connectivity index (χ4n) is 1.34. The summed E-state index contributed by atoms with van der Waals surface area (Å²) >= 11 is 0. The van der Waals surface area contributed by atoms with E-state index in [1.54, 1.807) is 4.90 Å². The molecule has 0 unspecified atom stereocenters. The number of hydrogen-bond acceptors (Lipinski definition) is 3. The summed E-state index contributed by atoms with van der Waals surface area (Å²) in [5.41, 5.74) is 5.75. The highest BCUT2D eigenvalue weighted by Crippen LogP contribution is 2.18. The monoisotopic (exact) mass is 229 g/mol. The minimum Gasteiger partial charge on any atom is -0.344 e. The first-order valence-electron chi connectivity index (χ1n) is 5.81. The minimum atomic E-state index is -0.420. The van der Waals surface area contributed by atoms with Crippen LogP contribution in [0.3, 0.4) is 0 Å². The van der Waals surface area contributed by atoms with E-state index in [1.807, 2.05) is 41.9 Å². The average Bonchev–Trinajstić information content (AvgIpc) is 2.13. The molecule has 1 amide bonds. The summed E-state index contributed by atoms with van der Waals surface area (Å²) in [5, 5.41) is 0. The van der Waals surface area contributed by atoms with Crippen molar-refractivity contribution in [2.75, 3.05) is 34.2 Å². The molecule has 0 saturated carbocycles. The van der Waals surface area contributed by atoms with Crippen molar-refractivity contribution in [1.29, 1.82) is 0 Å². The first-order valence-corrected chi connectivity index (χ1v) is 5.81. The molecule has 0 aromatic heterocycles. The van der Waals surface area contributed by atoms with E-state index in [0.29, 0.717) is 0 Å². The van der Waals surface area contributed by atoms with Gasteiger partial charge in [0.2, 0.25) is 5.91 Å². The van der Waals surface area contributed by atoms with E-state index in [0.717, 1.165) is 19.5 Å². The van der Waals surface area contributed by atoms with Gasteiger partial charge in [0.1, 0.15) is 0 Å². The summed E-state index contributed by atoms with van der Waals surface area (Å²) in [6.45, 7) is 7.72. The van der Waals surface area contributed by atoms with Crippen LogP contribution in [0, 0.1) is 5.41 Å². The van der Waals surface area contributed by atoms with Crippen LogP contribution in [0.1, 0.15) is 27.2 Å². The van der Waals surface area contributed by atoms with Crippen molar-refractivity contribution < 1.29 is 4.79 Å². The summed E-state index contributed by atoms with van der Waals surface area (Å²) in [4.78, 5) is 15.8. The number of carbonyl (C=O) groups excluding carboxylic acids is 1. The molecule has 0 aliphatic rings. The van der Waals surface area contributed by atoms with Gasteiger partial charge in [0.05, 0.1) is 6.04 Å². The molecule has 4 nitrogen and oxygen atoms in total. The van der Waals surface area contributed by atoms with Gasteiger partial charge in [-0.25, -0.2) is 0 Å². The normalized spacial score (nSPS) is 14.0. The van der Waals surface area contributed by atoms with Gasteiger partial charge >= 0.3 is 0 Å². The maximum atomic E-state index is 12.0. The van der Waals surface area contributed by atoms with Crippen molar-refractivity contribution in [3.8, 4) is 0 Å². The largest absolute Gasteiger partial charge is 0.344 e. The summed E-state index contributed by atoms with van der Waals surface area (Å²) < 4.78 is 0. The number of likely N-dealkylation sites (N-methyl/N-ethyl adjacent to an activating group) is 1. The number of nitrogens with zero attached hydrogens (tertiary/aromatic N) is 2. The van der Waals surface area contributed by atoms with E-state index >= 15 is 0 Å². The van der Waals surface area contributed by atoms with Gasteiger partial charge in [-0.2, -0.15) is 0 Å².